The lowest BCUT2D eigenvalue weighted by Gasteiger charge is -2.39. The van der Waals surface area contributed by atoms with E-state index in [1.807, 2.05) is 30.3 Å². The molecule has 1 amide bonds. The third-order valence-electron chi connectivity index (χ3n) is 4.68. The van der Waals surface area contributed by atoms with Crippen LogP contribution in [-0.4, -0.2) is 48.7 Å². The number of piperidine rings is 1. The molecule has 1 aromatic heterocycles. The number of hydrogen-bond donors (Lipinski definition) is 1. The van der Waals surface area contributed by atoms with Gasteiger partial charge in [0, 0.05) is 30.1 Å². The van der Waals surface area contributed by atoms with Crippen molar-refractivity contribution in [2.45, 2.75) is 12.8 Å². The number of rotatable bonds is 5. The largest absolute Gasteiger partial charge is 0.481 e. The summed E-state index contributed by atoms with van der Waals surface area (Å²) in [7, 11) is 1.49. The van der Waals surface area contributed by atoms with Crippen molar-refractivity contribution < 1.29 is 19.4 Å². The quantitative estimate of drug-likeness (QED) is 0.833. The van der Waals surface area contributed by atoms with Crippen LogP contribution in [-0.2, 0) is 9.53 Å². The lowest BCUT2D eigenvalue weighted by molar-refractivity contribution is -0.155. The van der Waals surface area contributed by atoms with Crippen LogP contribution in [0.5, 0.6) is 0 Å². The fraction of sp³-hybridized carbons (Fsp3) is 0.368. The smallest absolute Gasteiger partial charge is 0.313 e. The molecule has 0 aliphatic carbocycles. The van der Waals surface area contributed by atoms with Crippen LogP contribution in [0.15, 0.2) is 36.4 Å². The van der Waals surface area contributed by atoms with Crippen LogP contribution in [0.2, 0.25) is 5.02 Å². The van der Waals surface area contributed by atoms with Crippen LogP contribution in [0.4, 0.5) is 0 Å². The zero-order chi connectivity index (χ0) is 18.7. The highest BCUT2D eigenvalue weighted by Gasteiger charge is 2.44. The summed E-state index contributed by atoms with van der Waals surface area (Å²) >= 11 is 7.32. The monoisotopic (exact) mass is 393 g/mol. The maximum absolute atomic E-state index is 12.9. The maximum atomic E-state index is 12.9. The van der Waals surface area contributed by atoms with Gasteiger partial charge in [-0.05, 0) is 42.7 Å². The topological polar surface area (TPSA) is 66.8 Å². The molecule has 1 saturated heterocycles. The average molecular weight is 394 g/mol. The van der Waals surface area contributed by atoms with Crippen LogP contribution in [0.3, 0.4) is 0 Å². The number of methoxy groups -OCH3 is 1. The number of aliphatic carboxylic acids is 1. The van der Waals surface area contributed by atoms with Crippen molar-refractivity contribution in [3.8, 4) is 10.4 Å². The zero-order valence-corrected chi connectivity index (χ0v) is 16.0. The fourth-order valence-corrected chi connectivity index (χ4v) is 4.42. The molecular formula is C19H20ClNO4S. The highest BCUT2D eigenvalue weighted by atomic mass is 35.5. The summed E-state index contributed by atoms with van der Waals surface area (Å²) in [5.41, 5.74) is -0.0322. The van der Waals surface area contributed by atoms with Gasteiger partial charge < -0.3 is 14.7 Å². The zero-order valence-electron chi connectivity index (χ0n) is 14.4. The first-order valence-corrected chi connectivity index (χ1v) is 9.52. The first-order chi connectivity index (χ1) is 12.4. The molecule has 2 aromatic rings. The first kappa shape index (κ1) is 18.9. The van der Waals surface area contributed by atoms with Gasteiger partial charge in [0.1, 0.15) is 5.41 Å². The number of carbonyl (C=O) groups is 2. The Morgan fingerprint density at radius 2 is 2.00 bits per heavy atom. The summed E-state index contributed by atoms with van der Waals surface area (Å²) in [5, 5.41) is 10.3. The highest BCUT2D eigenvalue weighted by molar-refractivity contribution is 7.17. The summed E-state index contributed by atoms with van der Waals surface area (Å²) in [6.07, 6.45) is 1.16. The second-order valence-corrected chi connectivity index (χ2v) is 8.04. The Balaban J connectivity index is 1.79. The second-order valence-electron chi connectivity index (χ2n) is 6.52. The van der Waals surface area contributed by atoms with Gasteiger partial charge in [0.2, 0.25) is 0 Å². The molecule has 0 saturated carbocycles. The predicted molar refractivity (Wildman–Crippen MR) is 102 cm³/mol. The van der Waals surface area contributed by atoms with Gasteiger partial charge in [-0.1, -0.05) is 23.7 Å². The molecule has 1 aliphatic rings. The van der Waals surface area contributed by atoms with Crippen molar-refractivity contribution in [3.05, 3.63) is 46.3 Å². The molecule has 1 fully saturated rings. The number of carboxylic acid groups (broad SMARTS) is 1. The number of nitrogens with zero attached hydrogens (tertiary/aromatic N) is 1. The Kier molecular flexibility index (Phi) is 5.65. The van der Waals surface area contributed by atoms with Crippen molar-refractivity contribution in [3.63, 3.8) is 0 Å². The molecule has 2 heterocycles. The first-order valence-electron chi connectivity index (χ1n) is 8.32. The second kappa shape index (κ2) is 7.78. The number of amides is 1. The van der Waals surface area contributed by atoms with E-state index < -0.39 is 11.4 Å². The van der Waals surface area contributed by atoms with Crippen LogP contribution in [0.1, 0.15) is 22.5 Å². The molecule has 26 heavy (non-hydrogen) atoms. The van der Waals surface area contributed by atoms with E-state index in [2.05, 4.69) is 0 Å². The number of hydrogen-bond acceptors (Lipinski definition) is 4. The molecule has 0 radical (unpaired) electrons. The molecule has 1 atom stereocenters. The Labute approximate surface area is 161 Å². The van der Waals surface area contributed by atoms with E-state index in [9.17, 15) is 14.7 Å². The van der Waals surface area contributed by atoms with Gasteiger partial charge in [-0.25, -0.2) is 0 Å². The fourth-order valence-electron chi connectivity index (χ4n) is 3.31. The standard InChI is InChI=1S/C19H20ClNO4S/c1-25-12-19(18(23)24)9-2-10-21(11-19)17(22)16-8-7-15(26-16)13-3-5-14(20)6-4-13/h3-8H,2,9-12H2,1H3,(H,23,24). The van der Waals surface area contributed by atoms with Crippen molar-refractivity contribution in [2.75, 3.05) is 26.8 Å². The molecule has 7 heteroatoms. The predicted octanol–water partition coefficient (Wildman–Crippen LogP) is 4.02. The van der Waals surface area contributed by atoms with E-state index in [0.717, 1.165) is 10.4 Å². The van der Waals surface area contributed by atoms with E-state index in [4.69, 9.17) is 16.3 Å². The number of halogens is 1. The van der Waals surface area contributed by atoms with Gasteiger partial charge in [-0.3, -0.25) is 9.59 Å². The van der Waals surface area contributed by atoms with Crippen LogP contribution in [0, 0.1) is 5.41 Å². The Morgan fingerprint density at radius 3 is 2.65 bits per heavy atom. The van der Waals surface area contributed by atoms with E-state index in [0.29, 0.717) is 29.3 Å². The number of carbonyl (C=O) groups excluding carboxylic acids is 1. The summed E-state index contributed by atoms with van der Waals surface area (Å²) in [6, 6.07) is 11.2. The molecule has 1 unspecified atom stereocenters. The minimum absolute atomic E-state index is 0.104. The van der Waals surface area contributed by atoms with Crippen LogP contribution < -0.4 is 0 Å². The van der Waals surface area contributed by atoms with Gasteiger partial charge in [-0.2, -0.15) is 0 Å². The lowest BCUT2D eigenvalue weighted by atomic mass is 9.80. The maximum Gasteiger partial charge on any atom is 0.313 e. The minimum atomic E-state index is -1.03. The number of benzene rings is 1. The summed E-state index contributed by atoms with van der Waals surface area (Å²) in [4.78, 5) is 27.9. The molecule has 1 aromatic carbocycles. The molecular weight excluding hydrogens is 374 g/mol. The summed E-state index contributed by atoms with van der Waals surface area (Å²) in [6.45, 7) is 0.835. The van der Waals surface area contributed by atoms with Crippen molar-refractivity contribution in [1.29, 1.82) is 0 Å². The van der Waals surface area contributed by atoms with Crippen molar-refractivity contribution in [1.82, 2.24) is 4.90 Å². The number of ether oxygens (including phenoxy) is 1. The normalized spacial score (nSPS) is 20.2. The molecule has 1 N–H and O–H groups in total. The van der Waals surface area contributed by atoms with Gasteiger partial charge in [0.05, 0.1) is 11.5 Å². The van der Waals surface area contributed by atoms with E-state index in [1.54, 1.807) is 11.0 Å². The van der Waals surface area contributed by atoms with Crippen molar-refractivity contribution in [2.24, 2.45) is 5.41 Å². The minimum Gasteiger partial charge on any atom is -0.481 e. The van der Waals surface area contributed by atoms with E-state index in [-0.39, 0.29) is 19.1 Å². The molecule has 1 aliphatic heterocycles. The summed E-state index contributed by atoms with van der Waals surface area (Å²) < 4.78 is 5.12. The Hall–Kier alpha value is -1.89. The van der Waals surface area contributed by atoms with Gasteiger partial charge in [0.25, 0.3) is 5.91 Å². The van der Waals surface area contributed by atoms with E-state index >= 15 is 0 Å². The molecule has 5 nitrogen and oxygen atoms in total. The molecule has 0 bridgehead atoms. The van der Waals surface area contributed by atoms with Crippen LogP contribution in [0.25, 0.3) is 10.4 Å². The molecule has 0 spiro atoms. The number of likely N-dealkylation sites (tertiary alicyclic amines) is 1. The molecule has 138 valence electrons. The van der Waals surface area contributed by atoms with Crippen molar-refractivity contribution >= 4 is 34.8 Å². The lowest BCUT2D eigenvalue weighted by Crippen LogP contribution is -2.52. The Morgan fingerprint density at radius 1 is 1.27 bits per heavy atom. The van der Waals surface area contributed by atoms with Gasteiger partial charge in [-0.15, -0.1) is 11.3 Å². The highest BCUT2D eigenvalue weighted by Crippen LogP contribution is 2.34. The number of carboxylic acids is 1. The third kappa shape index (κ3) is 3.77. The Bertz CT molecular complexity index is 800. The van der Waals surface area contributed by atoms with Gasteiger partial charge >= 0.3 is 5.97 Å². The van der Waals surface area contributed by atoms with Gasteiger partial charge in [0.15, 0.2) is 0 Å². The average Bonchev–Trinajstić information content (AvgIpc) is 3.12. The molecule has 3 rings (SSSR count). The third-order valence-corrected chi connectivity index (χ3v) is 6.06. The SMILES string of the molecule is COCC1(C(=O)O)CCCN(C(=O)c2ccc(-c3ccc(Cl)cc3)s2)C1. The van der Waals surface area contributed by atoms with E-state index in [1.165, 1.54) is 18.4 Å². The summed E-state index contributed by atoms with van der Waals surface area (Å²) in [5.74, 6) is -1.04. The number of thiophene rings is 1. The van der Waals surface area contributed by atoms with Crippen LogP contribution >= 0.6 is 22.9 Å².